The van der Waals surface area contributed by atoms with Crippen molar-refractivity contribution in [3.05, 3.63) is 58.4 Å². The van der Waals surface area contributed by atoms with Gasteiger partial charge in [-0.15, -0.1) is 0 Å². The van der Waals surface area contributed by atoms with Gasteiger partial charge >= 0.3 is 0 Å². The number of nitrogens with zero attached hydrogens (tertiary/aromatic N) is 3. The van der Waals surface area contributed by atoms with Gasteiger partial charge in [-0.05, 0) is 29.7 Å². The molecule has 0 spiro atoms. The Morgan fingerprint density at radius 3 is 3.00 bits per heavy atom. The monoisotopic (exact) mass is 384 g/mol. The van der Waals surface area contributed by atoms with E-state index >= 15 is 0 Å². The molecular weight excluding hydrogens is 364 g/mol. The van der Waals surface area contributed by atoms with Gasteiger partial charge in [-0.3, -0.25) is 4.79 Å². The van der Waals surface area contributed by atoms with E-state index in [2.05, 4.69) is 15.5 Å². The number of carbonyl (C=O) groups excluding carboxylic acids is 1. The number of carbonyl (C=O) groups is 1. The molecule has 0 bridgehead atoms. The summed E-state index contributed by atoms with van der Waals surface area (Å²) in [4.78, 5) is 19.5. The van der Waals surface area contributed by atoms with E-state index < -0.39 is 0 Å². The van der Waals surface area contributed by atoms with Crippen LogP contribution in [0.3, 0.4) is 0 Å². The summed E-state index contributed by atoms with van der Waals surface area (Å²) in [6.45, 7) is 6.14. The van der Waals surface area contributed by atoms with Crippen LogP contribution in [0.15, 0.2) is 41.1 Å². The average molecular weight is 385 g/mol. The normalized spacial score (nSPS) is 17.6. The summed E-state index contributed by atoms with van der Waals surface area (Å²) < 4.78 is 5.28. The summed E-state index contributed by atoms with van der Waals surface area (Å²) in [5.41, 5.74) is 2.84. The van der Waals surface area contributed by atoms with E-state index in [9.17, 15) is 4.79 Å². The highest BCUT2D eigenvalue weighted by molar-refractivity contribution is 6.30. The van der Waals surface area contributed by atoms with Crippen molar-refractivity contribution >= 4 is 28.6 Å². The van der Waals surface area contributed by atoms with Crippen molar-refractivity contribution in [3.8, 4) is 0 Å². The average Bonchev–Trinajstić information content (AvgIpc) is 3.11. The van der Waals surface area contributed by atoms with Gasteiger partial charge in [0.15, 0.2) is 0 Å². The largest absolute Gasteiger partial charge is 0.336 e. The lowest BCUT2D eigenvalue weighted by atomic mass is 10.0. The first-order valence-corrected chi connectivity index (χ1v) is 9.45. The number of halogens is 1. The lowest BCUT2D eigenvalue weighted by Crippen LogP contribution is -2.48. The highest BCUT2D eigenvalue weighted by Crippen LogP contribution is 2.28. The van der Waals surface area contributed by atoms with E-state index in [1.165, 1.54) is 0 Å². The number of nitrogens with one attached hydrogen (secondary N) is 1. The highest BCUT2D eigenvalue weighted by atomic mass is 35.5. The molecule has 1 saturated heterocycles. The molecule has 7 heteroatoms. The molecule has 6 nitrogen and oxygen atoms in total. The van der Waals surface area contributed by atoms with Crippen LogP contribution in [-0.4, -0.2) is 40.6 Å². The van der Waals surface area contributed by atoms with Crippen molar-refractivity contribution < 1.29 is 9.32 Å². The Labute approximate surface area is 162 Å². The molecule has 1 atom stereocenters. The summed E-state index contributed by atoms with van der Waals surface area (Å²) in [5.74, 6) is 0.142. The van der Waals surface area contributed by atoms with Crippen LogP contribution in [0.2, 0.25) is 5.02 Å². The number of hydrogen-bond donors (Lipinski definition) is 1. The first-order chi connectivity index (χ1) is 13.0. The summed E-state index contributed by atoms with van der Waals surface area (Å²) in [6.07, 6.45) is 1.57. The second kappa shape index (κ2) is 7.29. The third kappa shape index (κ3) is 3.42. The first-order valence-electron chi connectivity index (χ1n) is 9.07. The Hall–Kier alpha value is -2.44. The molecule has 140 valence electrons. The number of hydrogen-bond acceptors (Lipinski definition) is 5. The molecule has 1 unspecified atom stereocenters. The summed E-state index contributed by atoms with van der Waals surface area (Å²) in [7, 11) is 0. The Morgan fingerprint density at radius 1 is 1.37 bits per heavy atom. The molecule has 0 radical (unpaired) electrons. The Morgan fingerprint density at radius 2 is 2.22 bits per heavy atom. The van der Waals surface area contributed by atoms with E-state index in [0.717, 1.165) is 23.2 Å². The Kier molecular flexibility index (Phi) is 4.85. The van der Waals surface area contributed by atoms with E-state index in [4.69, 9.17) is 16.1 Å². The molecule has 3 heterocycles. The van der Waals surface area contributed by atoms with Crippen molar-refractivity contribution in [1.29, 1.82) is 0 Å². The second-order valence-electron chi connectivity index (χ2n) is 7.07. The second-order valence-corrected chi connectivity index (χ2v) is 7.51. The summed E-state index contributed by atoms with van der Waals surface area (Å²) in [6, 6.07) is 9.43. The quantitative estimate of drug-likeness (QED) is 0.743. The summed E-state index contributed by atoms with van der Waals surface area (Å²) >= 11 is 6.16. The highest BCUT2D eigenvalue weighted by Gasteiger charge is 2.29. The van der Waals surface area contributed by atoms with Gasteiger partial charge in [-0.2, -0.15) is 0 Å². The van der Waals surface area contributed by atoms with Gasteiger partial charge in [-0.25, -0.2) is 4.98 Å². The summed E-state index contributed by atoms with van der Waals surface area (Å²) in [5, 5.41) is 8.92. The molecule has 0 saturated carbocycles. The smallest absolute Gasteiger partial charge is 0.257 e. The number of piperazine rings is 1. The van der Waals surface area contributed by atoms with Gasteiger partial charge in [-0.1, -0.05) is 42.7 Å². The van der Waals surface area contributed by atoms with Crippen LogP contribution >= 0.6 is 11.6 Å². The Bertz CT molecular complexity index is 985. The van der Waals surface area contributed by atoms with Gasteiger partial charge < -0.3 is 14.7 Å². The molecule has 3 aromatic rings. The van der Waals surface area contributed by atoms with Crippen LogP contribution < -0.4 is 5.32 Å². The Balaban J connectivity index is 1.69. The van der Waals surface area contributed by atoms with Crippen molar-refractivity contribution in [1.82, 2.24) is 20.4 Å². The fraction of sp³-hybridized carbons (Fsp3) is 0.350. The zero-order valence-corrected chi connectivity index (χ0v) is 16.0. The fourth-order valence-electron chi connectivity index (χ4n) is 3.51. The minimum Gasteiger partial charge on any atom is -0.336 e. The maximum atomic E-state index is 13.3. The molecule has 1 N–H and O–H groups in total. The molecule has 1 aliphatic heterocycles. The standard InChI is InChI=1S/C20H21ClN4O2/c1-12(2)18-16-9-14(10-23-19(16)27-24-18)20(26)25-7-6-22-11-17(25)13-4-3-5-15(21)8-13/h3-5,8-10,12,17,22H,6-7,11H2,1-2H3. The number of pyridine rings is 1. The molecule has 4 rings (SSSR count). The lowest BCUT2D eigenvalue weighted by Gasteiger charge is -2.36. The van der Waals surface area contributed by atoms with Crippen LogP contribution in [0.25, 0.3) is 11.1 Å². The zero-order valence-electron chi connectivity index (χ0n) is 15.3. The van der Waals surface area contributed by atoms with Crippen LogP contribution in [0.5, 0.6) is 0 Å². The SMILES string of the molecule is CC(C)c1noc2ncc(C(=O)N3CCNCC3c3cccc(Cl)c3)cc12. The third-order valence-corrected chi connectivity index (χ3v) is 5.12. The molecular formula is C20H21ClN4O2. The van der Waals surface area contributed by atoms with Crippen molar-refractivity contribution in [2.75, 3.05) is 19.6 Å². The molecule has 2 aromatic heterocycles. The number of benzene rings is 1. The lowest BCUT2D eigenvalue weighted by molar-refractivity contribution is 0.0634. The van der Waals surface area contributed by atoms with E-state index in [1.807, 2.05) is 49.1 Å². The fourth-order valence-corrected chi connectivity index (χ4v) is 3.71. The minimum absolute atomic E-state index is 0.0493. The zero-order chi connectivity index (χ0) is 19.0. The number of rotatable bonds is 3. The van der Waals surface area contributed by atoms with E-state index in [0.29, 0.717) is 29.4 Å². The third-order valence-electron chi connectivity index (χ3n) is 4.89. The van der Waals surface area contributed by atoms with Gasteiger partial charge in [0, 0.05) is 30.9 Å². The van der Waals surface area contributed by atoms with Crippen molar-refractivity contribution in [2.24, 2.45) is 0 Å². The van der Waals surface area contributed by atoms with E-state index in [1.54, 1.807) is 6.20 Å². The van der Waals surface area contributed by atoms with Crippen LogP contribution in [0.1, 0.15) is 47.4 Å². The predicted molar refractivity (Wildman–Crippen MR) is 104 cm³/mol. The molecule has 1 fully saturated rings. The number of amides is 1. The molecule has 1 amide bonds. The maximum absolute atomic E-state index is 13.3. The number of aromatic nitrogens is 2. The minimum atomic E-state index is -0.0762. The van der Waals surface area contributed by atoms with E-state index in [-0.39, 0.29) is 17.9 Å². The first kappa shape index (κ1) is 17.9. The van der Waals surface area contributed by atoms with Gasteiger partial charge in [0.25, 0.3) is 11.6 Å². The molecule has 27 heavy (non-hydrogen) atoms. The van der Waals surface area contributed by atoms with Gasteiger partial charge in [0.05, 0.1) is 22.7 Å². The molecule has 0 aliphatic carbocycles. The molecule has 1 aliphatic rings. The number of fused-ring (bicyclic) bond motifs is 1. The topological polar surface area (TPSA) is 71.3 Å². The van der Waals surface area contributed by atoms with Gasteiger partial charge in [0.1, 0.15) is 0 Å². The van der Waals surface area contributed by atoms with Crippen LogP contribution in [-0.2, 0) is 0 Å². The molecule has 1 aromatic carbocycles. The predicted octanol–water partition coefficient (Wildman–Crippen LogP) is 3.79. The van der Waals surface area contributed by atoms with Crippen molar-refractivity contribution in [3.63, 3.8) is 0 Å². The van der Waals surface area contributed by atoms with Crippen molar-refractivity contribution in [2.45, 2.75) is 25.8 Å². The van der Waals surface area contributed by atoms with Crippen LogP contribution in [0, 0.1) is 0 Å². The maximum Gasteiger partial charge on any atom is 0.257 e. The van der Waals surface area contributed by atoms with Gasteiger partial charge in [0.2, 0.25) is 0 Å². The van der Waals surface area contributed by atoms with Crippen LogP contribution in [0.4, 0.5) is 0 Å².